The first-order valence-corrected chi connectivity index (χ1v) is 10.3. The van der Waals surface area contributed by atoms with Crippen molar-refractivity contribution in [1.29, 1.82) is 0 Å². The quantitative estimate of drug-likeness (QED) is 0.828. The third kappa shape index (κ3) is 4.59. The minimum absolute atomic E-state index is 0.00677. The third-order valence-electron chi connectivity index (χ3n) is 4.87. The highest BCUT2D eigenvalue weighted by Crippen LogP contribution is 2.21. The largest absolute Gasteiger partial charge is 0.355 e. The van der Waals surface area contributed by atoms with E-state index in [0.29, 0.717) is 37.6 Å². The zero-order valence-electron chi connectivity index (χ0n) is 15.6. The van der Waals surface area contributed by atoms with Crippen molar-refractivity contribution >= 4 is 15.9 Å². The summed E-state index contributed by atoms with van der Waals surface area (Å²) >= 11 is 0. The van der Waals surface area contributed by atoms with E-state index in [1.54, 1.807) is 12.1 Å². The van der Waals surface area contributed by atoms with E-state index < -0.39 is 10.0 Å². The summed E-state index contributed by atoms with van der Waals surface area (Å²) in [5, 5.41) is 2.90. The molecule has 1 aromatic rings. The standard InChI is InChI=1S/C18H29N3O3S/c1-5-8-19-18(22)16(4)20-9-11-21(12-10-20)25(23,24)17-7-6-14(2)15(3)13-17/h6-7,13,16H,5,8-12H2,1-4H3,(H,19,22)/t16-/m0/s1. The predicted octanol–water partition coefficient (Wildman–Crippen LogP) is 1.52. The minimum atomic E-state index is -3.48. The lowest BCUT2D eigenvalue weighted by Gasteiger charge is -2.36. The molecule has 1 aliphatic heterocycles. The fourth-order valence-corrected chi connectivity index (χ4v) is 4.42. The average molecular weight is 368 g/mol. The van der Waals surface area contributed by atoms with Crippen LogP contribution in [0, 0.1) is 13.8 Å². The Morgan fingerprint density at radius 2 is 1.80 bits per heavy atom. The first kappa shape index (κ1) is 19.9. The molecule has 0 saturated carbocycles. The van der Waals surface area contributed by atoms with E-state index in [2.05, 4.69) is 5.32 Å². The molecule has 0 spiro atoms. The summed E-state index contributed by atoms with van der Waals surface area (Å²) in [6.45, 7) is 10.4. The highest BCUT2D eigenvalue weighted by atomic mass is 32.2. The number of amides is 1. The van der Waals surface area contributed by atoms with Gasteiger partial charge in [-0.3, -0.25) is 9.69 Å². The Hall–Kier alpha value is -1.44. The molecule has 1 aliphatic rings. The van der Waals surface area contributed by atoms with Gasteiger partial charge in [0.2, 0.25) is 15.9 Å². The van der Waals surface area contributed by atoms with Crippen LogP contribution in [0.25, 0.3) is 0 Å². The van der Waals surface area contributed by atoms with Crippen LogP contribution in [0.4, 0.5) is 0 Å². The summed E-state index contributed by atoms with van der Waals surface area (Å²) < 4.78 is 27.2. The predicted molar refractivity (Wildman–Crippen MR) is 99.0 cm³/mol. The van der Waals surface area contributed by atoms with Gasteiger partial charge in [-0.25, -0.2) is 8.42 Å². The molecule has 6 nitrogen and oxygen atoms in total. The molecule has 140 valence electrons. The van der Waals surface area contributed by atoms with Gasteiger partial charge in [-0.15, -0.1) is 0 Å². The van der Waals surface area contributed by atoms with Gasteiger partial charge < -0.3 is 5.32 Å². The second-order valence-electron chi connectivity index (χ2n) is 6.65. The Kier molecular flexibility index (Phi) is 6.59. The van der Waals surface area contributed by atoms with Crippen LogP contribution in [0.5, 0.6) is 0 Å². The Bertz CT molecular complexity index is 710. The summed E-state index contributed by atoms with van der Waals surface area (Å²) in [6.07, 6.45) is 0.903. The highest BCUT2D eigenvalue weighted by molar-refractivity contribution is 7.89. The molecule has 0 aromatic heterocycles. The van der Waals surface area contributed by atoms with Gasteiger partial charge >= 0.3 is 0 Å². The van der Waals surface area contributed by atoms with E-state index in [0.717, 1.165) is 17.5 Å². The molecule has 0 aliphatic carbocycles. The number of sulfonamides is 1. The zero-order chi connectivity index (χ0) is 18.6. The first-order valence-electron chi connectivity index (χ1n) is 8.86. The van der Waals surface area contributed by atoms with Crippen LogP contribution in [-0.2, 0) is 14.8 Å². The number of hydrogen-bond acceptors (Lipinski definition) is 4. The molecule has 1 amide bonds. The van der Waals surface area contributed by atoms with Crippen molar-refractivity contribution in [1.82, 2.24) is 14.5 Å². The monoisotopic (exact) mass is 367 g/mol. The van der Waals surface area contributed by atoms with Crippen molar-refractivity contribution in [2.45, 2.75) is 45.1 Å². The van der Waals surface area contributed by atoms with Crippen LogP contribution < -0.4 is 5.32 Å². The fraction of sp³-hybridized carbons (Fsp3) is 0.611. The lowest BCUT2D eigenvalue weighted by atomic mass is 10.1. The number of aryl methyl sites for hydroxylation is 2. The SMILES string of the molecule is CCCNC(=O)[C@H](C)N1CCN(S(=O)(=O)c2ccc(C)c(C)c2)CC1. The van der Waals surface area contributed by atoms with Crippen LogP contribution in [0.2, 0.25) is 0 Å². The molecule has 2 rings (SSSR count). The smallest absolute Gasteiger partial charge is 0.243 e. The van der Waals surface area contributed by atoms with Crippen LogP contribution in [-0.4, -0.2) is 62.3 Å². The molecule has 1 fully saturated rings. The molecule has 1 atom stereocenters. The molecule has 1 saturated heterocycles. The van der Waals surface area contributed by atoms with Crippen LogP contribution in [0.15, 0.2) is 23.1 Å². The number of carbonyl (C=O) groups excluding carboxylic acids is 1. The van der Waals surface area contributed by atoms with Crippen molar-refractivity contribution < 1.29 is 13.2 Å². The second kappa shape index (κ2) is 8.29. The van der Waals surface area contributed by atoms with Gasteiger partial charge in [0.1, 0.15) is 0 Å². The number of piperazine rings is 1. The van der Waals surface area contributed by atoms with Gasteiger partial charge in [0.05, 0.1) is 10.9 Å². The molecular formula is C18H29N3O3S. The molecular weight excluding hydrogens is 338 g/mol. The van der Waals surface area contributed by atoms with E-state index in [-0.39, 0.29) is 11.9 Å². The number of rotatable bonds is 6. The number of benzene rings is 1. The Morgan fingerprint density at radius 1 is 1.16 bits per heavy atom. The summed E-state index contributed by atoms with van der Waals surface area (Å²) in [5.74, 6) is 0.00677. The van der Waals surface area contributed by atoms with Gasteiger partial charge in [0, 0.05) is 32.7 Å². The van der Waals surface area contributed by atoms with Crippen molar-refractivity contribution in [2.75, 3.05) is 32.7 Å². The van der Waals surface area contributed by atoms with Gasteiger partial charge in [0.15, 0.2) is 0 Å². The Balaban J connectivity index is 2.01. The maximum Gasteiger partial charge on any atom is 0.243 e. The van der Waals surface area contributed by atoms with Gasteiger partial charge in [0.25, 0.3) is 0 Å². The van der Waals surface area contributed by atoms with Crippen molar-refractivity contribution in [3.63, 3.8) is 0 Å². The minimum Gasteiger partial charge on any atom is -0.355 e. The van der Waals surface area contributed by atoms with E-state index in [1.165, 1.54) is 4.31 Å². The molecule has 25 heavy (non-hydrogen) atoms. The Morgan fingerprint density at radius 3 is 2.36 bits per heavy atom. The molecule has 1 aromatic carbocycles. The third-order valence-corrected chi connectivity index (χ3v) is 6.76. The number of hydrogen-bond donors (Lipinski definition) is 1. The maximum atomic E-state index is 12.8. The fourth-order valence-electron chi connectivity index (χ4n) is 2.92. The summed E-state index contributed by atoms with van der Waals surface area (Å²) in [4.78, 5) is 14.5. The molecule has 1 N–H and O–H groups in total. The average Bonchev–Trinajstić information content (AvgIpc) is 2.61. The number of nitrogens with one attached hydrogen (secondary N) is 1. The first-order chi connectivity index (χ1) is 11.8. The summed E-state index contributed by atoms with van der Waals surface area (Å²) in [5.41, 5.74) is 2.05. The normalized spacial score (nSPS) is 18.1. The van der Waals surface area contributed by atoms with Gasteiger partial charge in [-0.2, -0.15) is 4.31 Å². The lowest BCUT2D eigenvalue weighted by Crippen LogP contribution is -2.54. The van der Waals surface area contributed by atoms with Gasteiger partial charge in [-0.05, 0) is 50.5 Å². The summed E-state index contributed by atoms with van der Waals surface area (Å²) in [7, 11) is -3.48. The van der Waals surface area contributed by atoms with Gasteiger partial charge in [-0.1, -0.05) is 13.0 Å². The molecule has 0 unspecified atom stereocenters. The molecule has 0 bridgehead atoms. The topological polar surface area (TPSA) is 69.7 Å². The lowest BCUT2D eigenvalue weighted by molar-refractivity contribution is -0.126. The van der Waals surface area contributed by atoms with Crippen molar-refractivity contribution in [3.8, 4) is 0 Å². The summed E-state index contributed by atoms with van der Waals surface area (Å²) in [6, 6.07) is 5.01. The molecule has 0 radical (unpaired) electrons. The highest BCUT2D eigenvalue weighted by Gasteiger charge is 2.31. The van der Waals surface area contributed by atoms with Crippen LogP contribution in [0.3, 0.4) is 0 Å². The van der Waals surface area contributed by atoms with Crippen LogP contribution in [0.1, 0.15) is 31.4 Å². The van der Waals surface area contributed by atoms with Crippen molar-refractivity contribution in [3.05, 3.63) is 29.3 Å². The Labute approximate surface area is 151 Å². The number of carbonyl (C=O) groups is 1. The van der Waals surface area contributed by atoms with E-state index >= 15 is 0 Å². The van der Waals surface area contributed by atoms with Crippen LogP contribution >= 0.6 is 0 Å². The molecule has 1 heterocycles. The van der Waals surface area contributed by atoms with E-state index in [1.807, 2.05) is 38.7 Å². The molecule has 7 heteroatoms. The second-order valence-corrected chi connectivity index (χ2v) is 8.59. The van der Waals surface area contributed by atoms with Crippen molar-refractivity contribution in [2.24, 2.45) is 0 Å². The zero-order valence-corrected chi connectivity index (χ0v) is 16.4. The van der Waals surface area contributed by atoms with E-state index in [4.69, 9.17) is 0 Å². The number of nitrogens with zero attached hydrogens (tertiary/aromatic N) is 2. The van der Waals surface area contributed by atoms with E-state index in [9.17, 15) is 13.2 Å². The maximum absolute atomic E-state index is 12.8.